The second-order valence-electron chi connectivity index (χ2n) is 5.03. The van der Waals surface area contributed by atoms with Crippen molar-refractivity contribution in [2.45, 2.75) is 26.3 Å². The van der Waals surface area contributed by atoms with Crippen molar-refractivity contribution in [2.24, 2.45) is 4.99 Å². The minimum atomic E-state index is -0.0455. The molecule has 3 rings (SSSR count). The zero-order chi connectivity index (χ0) is 15.5. The number of aliphatic imine (C=N–C) groups is 1. The first-order chi connectivity index (χ1) is 10.7. The third-order valence-electron chi connectivity index (χ3n) is 3.49. The number of amidine groups is 1. The van der Waals surface area contributed by atoms with E-state index in [-0.39, 0.29) is 11.9 Å². The summed E-state index contributed by atoms with van der Waals surface area (Å²) in [4.78, 5) is 23.6. The van der Waals surface area contributed by atoms with Crippen molar-refractivity contribution < 1.29 is 4.79 Å². The van der Waals surface area contributed by atoms with Crippen LogP contribution in [0.5, 0.6) is 0 Å². The molecule has 4 nitrogen and oxygen atoms in total. The van der Waals surface area contributed by atoms with Gasteiger partial charge in [0.15, 0.2) is 5.17 Å². The molecule has 1 atom stereocenters. The zero-order valence-electron chi connectivity index (χ0n) is 12.5. The number of aryl methyl sites for hydroxylation is 1. The summed E-state index contributed by atoms with van der Waals surface area (Å²) in [5, 5.41) is 3.51. The van der Waals surface area contributed by atoms with Crippen LogP contribution in [0.25, 0.3) is 0 Å². The van der Waals surface area contributed by atoms with Gasteiger partial charge in [0.1, 0.15) is 5.69 Å². The van der Waals surface area contributed by atoms with E-state index in [1.54, 1.807) is 11.8 Å². The fourth-order valence-corrected chi connectivity index (χ4v) is 4.16. The van der Waals surface area contributed by atoms with E-state index in [0.717, 1.165) is 28.0 Å². The highest BCUT2D eigenvalue weighted by Gasteiger charge is 2.35. The van der Waals surface area contributed by atoms with Gasteiger partial charge < -0.3 is 0 Å². The average molecular weight is 331 g/mol. The Morgan fingerprint density at radius 1 is 1.41 bits per heavy atom. The van der Waals surface area contributed by atoms with Crippen LogP contribution in [0, 0.1) is 6.92 Å². The van der Waals surface area contributed by atoms with Gasteiger partial charge in [0, 0.05) is 17.2 Å². The van der Waals surface area contributed by atoms with Crippen molar-refractivity contribution in [1.82, 2.24) is 9.88 Å². The maximum absolute atomic E-state index is 12.8. The number of hydrogen-bond acceptors (Lipinski definition) is 5. The van der Waals surface area contributed by atoms with E-state index in [1.807, 2.05) is 47.5 Å². The molecule has 0 spiro atoms. The van der Waals surface area contributed by atoms with Crippen LogP contribution in [0.2, 0.25) is 0 Å². The monoisotopic (exact) mass is 331 g/mol. The molecule has 1 aromatic carbocycles. The highest BCUT2D eigenvalue weighted by Crippen LogP contribution is 2.30. The number of benzene rings is 1. The number of thioether (sulfide) groups is 1. The van der Waals surface area contributed by atoms with Crippen LogP contribution in [0.1, 0.15) is 28.8 Å². The molecule has 1 unspecified atom stereocenters. The van der Waals surface area contributed by atoms with E-state index in [9.17, 15) is 4.79 Å². The van der Waals surface area contributed by atoms with Gasteiger partial charge in [-0.3, -0.25) is 9.69 Å². The lowest BCUT2D eigenvalue weighted by atomic mass is 10.2. The Labute approximate surface area is 138 Å². The van der Waals surface area contributed by atoms with Gasteiger partial charge in [-0.2, -0.15) is 0 Å². The van der Waals surface area contributed by atoms with E-state index in [0.29, 0.717) is 5.69 Å². The SMILES string of the molecule is CCC1CSC(=Nc2ccccc2)N1C(=O)c1csc(C)n1. The first-order valence-corrected chi connectivity index (χ1v) is 9.07. The zero-order valence-corrected chi connectivity index (χ0v) is 14.2. The Kier molecular flexibility index (Phi) is 4.59. The molecule has 1 aliphatic rings. The summed E-state index contributed by atoms with van der Waals surface area (Å²) in [6.45, 7) is 4.01. The Bertz CT molecular complexity index is 696. The van der Waals surface area contributed by atoms with E-state index >= 15 is 0 Å². The predicted molar refractivity (Wildman–Crippen MR) is 93.1 cm³/mol. The van der Waals surface area contributed by atoms with Gasteiger partial charge in [0.25, 0.3) is 5.91 Å². The molecule has 22 heavy (non-hydrogen) atoms. The van der Waals surface area contributed by atoms with E-state index in [2.05, 4.69) is 16.9 Å². The van der Waals surface area contributed by atoms with E-state index < -0.39 is 0 Å². The first kappa shape index (κ1) is 15.2. The summed E-state index contributed by atoms with van der Waals surface area (Å²) in [5.41, 5.74) is 1.39. The van der Waals surface area contributed by atoms with Crippen molar-refractivity contribution in [3.63, 3.8) is 0 Å². The largest absolute Gasteiger partial charge is 0.282 e. The van der Waals surface area contributed by atoms with Crippen LogP contribution in [-0.4, -0.2) is 32.8 Å². The van der Waals surface area contributed by atoms with Crippen molar-refractivity contribution >= 4 is 39.9 Å². The summed E-state index contributed by atoms with van der Waals surface area (Å²) in [5.74, 6) is 0.840. The van der Waals surface area contributed by atoms with Crippen molar-refractivity contribution in [3.8, 4) is 0 Å². The smallest absolute Gasteiger partial charge is 0.279 e. The fraction of sp³-hybridized carbons (Fsp3) is 0.312. The summed E-state index contributed by atoms with van der Waals surface area (Å²) in [6, 6.07) is 9.94. The number of para-hydroxylation sites is 1. The Morgan fingerprint density at radius 2 is 2.18 bits per heavy atom. The highest BCUT2D eigenvalue weighted by molar-refractivity contribution is 8.14. The van der Waals surface area contributed by atoms with Crippen LogP contribution in [-0.2, 0) is 0 Å². The molecule has 0 radical (unpaired) electrons. The third-order valence-corrected chi connectivity index (χ3v) is 5.36. The Balaban J connectivity index is 1.93. The number of carbonyl (C=O) groups excluding carboxylic acids is 1. The maximum atomic E-state index is 12.8. The summed E-state index contributed by atoms with van der Waals surface area (Å²) < 4.78 is 0. The normalized spacial score (nSPS) is 19.8. The predicted octanol–water partition coefficient (Wildman–Crippen LogP) is 4.11. The fourth-order valence-electron chi connectivity index (χ4n) is 2.31. The minimum Gasteiger partial charge on any atom is -0.282 e. The summed E-state index contributed by atoms with van der Waals surface area (Å²) in [7, 11) is 0. The molecule has 6 heteroatoms. The molecule has 0 aliphatic carbocycles. The number of carbonyl (C=O) groups is 1. The minimum absolute atomic E-state index is 0.0455. The van der Waals surface area contributed by atoms with E-state index in [1.165, 1.54) is 11.3 Å². The molecule has 1 amide bonds. The molecule has 0 N–H and O–H groups in total. The van der Waals surface area contributed by atoms with Gasteiger partial charge in [0.05, 0.1) is 10.7 Å². The molecule has 1 saturated heterocycles. The van der Waals surface area contributed by atoms with Gasteiger partial charge in [-0.05, 0) is 25.5 Å². The van der Waals surface area contributed by atoms with Crippen LogP contribution >= 0.6 is 23.1 Å². The second kappa shape index (κ2) is 6.62. The first-order valence-electron chi connectivity index (χ1n) is 7.21. The molecule has 0 bridgehead atoms. The van der Waals surface area contributed by atoms with Gasteiger partial charge in [-0.1, -0.05) is 36.9 Å². The molecular formula is C16H17N3OS2. The van der Waals surface area contributed by atoms with Crippen LogP contribution < -0.4 is 0 Å². The van der Waals surface area contributed by atoms with Gasteiger partial charge in [0.2, 0.25) is 0 Å². The number of hydrogen-bond donors (Lipinski definition) is 0. The second-order valence-corrected chi connectivity index (χ2v) is 7.08. The quantitative estimate of drug-likeness (QED) is 0.850. The molecular weight excluding hydrogens is 314 g/mol. The molecule has 1 aromatic heterocycles. The topological polar surface area (TPSA) is 45.6 Å². The molecule has 114 valence electrons. The summed E-state index contributed by atoms with van der Waals surface area (Å²) in [6.07, 6.45) is 0.912. The maximum Gasteiger partial charge on any atom is 0.279 e. The van der Waals surface area contributed by atoms with Crippen molar-refractivity contribution in [3.05, 3.63) is 46.4 Å². The standard InChI is InChI=1S/C16H17N3OS2/c1-3-13-9-22-16(18-12-7-5-4-6-8-12)19(13)15(20)14-10-21-11(2)17-14/h4-8,10,13H,3,9H2,1-2H3. The highest BCUT2D eigenvalue weighted by atomic mass is 32.2. The number of aromatic nitrogens is 1. The molecule has 2 aromatic rings. The molecule has 1 aliphatic heterocycles. The van der Waals surface area contributed by atoms with Crippen LogP contribution in [0.4, 0.5) is 5.69 Å². The lowest BCUT2D eigenvalue weighted by molar-refractivity contribution is 0.0814. The number of thiazole rings is 1. The van der Waals surface area contributed by atoms with E-state index in [4.69, 9.17) is 0 Å². The van der Waals surface area contributed by atoms with Crippen LogP contribution in [0.3, 0.4) is 0 Å². The average Bonchev–Trinajstić information content (AvgIpc) is 3.14. The summed E-state index contributed by atoms with van der Waals surface area (Å²) >= 11 is 3.14. The molecule has 2 heterocycles. The Hall–Kier alpha value is -1.66. The molecule has 1 fully saturated rings. The lowest BCUT2D eigenvalue weighted by Gasteiger charge is -2.22. The van der Waals surface area contributed by atoms with Gasteiger partial charge in [-0.25, -0.2) is 9.98 Å². The Morgan fingerprint density at radius 3 is 2.82 bits per heavy atom. The third kappa shape index (κ3) is 3.08. The number of rotatable bonds is 3. The van der Waals surface area contributed by atoms with Gasteiger partial charge in [-0.15, -0.1) is 11.3 Å². The van der Waals surface area contributed by atoms with Crippen molar-refractivity contribution in [2.75, 3.05) is 5.75 Å². The van der Waals surface area contributed by atoms with Crippen molar-refractivity contribution in [1.29, 1.82) is 0 Å². The molecule has 0 saturated carbocycles. The number of amides is 1. The lowest BCUT2D eigenvalue weighted by Crippen LogP contribution is -2.39. The number of nitrogens with zero attached hydrogens (tertiary/aromatic N) is 3. The van der Waals surface area contributed by atoms with Gasteiger partial charge >= 0.3 is 0 Å². The van der Waals surface area contributed by atoms with Crippen LogP contribution in [0.15, 0.2) is 40.7 Å².